The minimum atomic E-state index is -3.64. The zero-order chi connectivity index (χ0) is 16.5. The van der Waals surface area contributed by atoms with Gasteiger partial charge in [-0.2, -0.15) is 4.31 Å². The number of methoxy groups -OCH3 is 1. The molecule has 1 aliphatic rings. The third kappa shape index (κ3) is 4.20. The number of aryl methyl sites for hydroxylation is 1. The monoisotopic (exact) mass is 426 g/mol. The molecule has 2 rings (SSSR count). The number of hydrogen-bond acceptors (Lipinski definition) is 4. The van der Waals surface area contributed by atoms with Crippen molar-refractivity contribution in [3.63, 3.8) is 0 Å². The van der Waals surface area contributed by atoms with Gasteiger partial charge in [-0.25, -0.2) is 8.42 Å². The molecule has 0 bridgehead atoms. The number of halogens is 2. The molecule has 1 aliphatic heterocycles. The molecule has 2 N–H and O–H groups in total. The molecule has 2 unspecified atom stereocenters. The number of benzene rings is 1. The molecule has 132 valence electrons. The van der Waals surface area contributed by atoms with Crippen molar-refractivity contribution in [3.05, 3.63) is 22.2 Å². The van der Waals surface area contributed by atoms with Crippen molar-refractivity contribution in [2.24, 2.45) is 5.73 Å². The van der Waals surface area contributed by atoms with Gasteiger partial charge in [-0.3, -0.25) is 0 Å². The first-order valence-electron chi connectivity index (χ1n) is 7.40. The van der Waals surface area contributed by atoms with Gasteiger partial charge in [-0.15, -0.1) is 12.4 Å². The van der Waals surface area contributed by atoms with Gasteiger partial charge >= 0.3 is 0 Å². The summed E-state index contributed by atoms with van der Waals surface area (Å²) in [5.74, 6) is 0.370. The summed E-state index contributed by atoms with van der Waals surface area (Å²) in [6.45, 7) is 4.26. The Balaban J connectivity index is 0.00000264. The Morgan fingerprint density at radius 1 is 1.39 bits per heavy atom. The number of ether oxygens (including phenoxy) is 1. The van der Waals surface area contributed by atoms with E-state index >= 15 is 0 Å². The van der Waals surface area contributed by atoms with Gasteiger partial charge in [0.1, 0.15) is 10.6 Å². The van der Waals surface area contributed by atoms with Gasteiger partial charge in [-0.05, 0) is 44.4 Å². The summed E-state index contributed by atoms with van der Waals surface area (Å²) < 4.78 is 33.8. The molecule has 1 aromatic rings. The van der Waals surface area contributed by atoms with Crippen LogP contribution in [-0.4, -0.2) is 38.5 Å². The third-order valence-corrected chi connectivity index (χ3v) is 6.94. The molecule has 0 amide bonds. The molecular formula is C15H24BrClN2O3S. The lowest BCUT2D eigenvalue weighted by Gasteiger charge is -2.37. The molecule has 1 aromatic carbocycles. The molecule has 5 nitrogen and oxygen atoms in total. The normalized spacial score (nSPS) is 20.7. The predicted octanol–water partition coefficient (Wildman–Crippen LogP) is 3.08. The summed E-state index contributed by atoms with van der Waals surface area (Å²) in [6.07, 6.45) is 2.66. The number of hydrogen-bond donors (Lipinski definition) is 1. The van der Waals surface area contributed by atoms with Crippen LogP contribution in [0, 0.1) is 6.92 Å². The molecule has 0 aromatic heterocycles. The Morgan fingerprint density at radius 2 is 2.04 bits per heavy atom. The zero-order valence-electron chi connectivity index (χ0n) is 13.6. The maximum atomic E-state index is 13.1. The predicted molar refractivity (Wildman–Crippen MR) is 97.9 cm³/mol. The van der Waals surface area contributed by atoms with E-state index in [1.807, 2.05) is 13.8 Å². The molecule has 0 radical (unpaired) electrons. The van der Waals surface area contributed by atoms with Gasteiger partial charge in [-0.1, -0.05) is 22.4 Å². The lowest BCUT2D eigenvalue weighted by atomic mass is 10.00. The van der Waals surface area contributed by atoms with Crippen molar-refractivity contribution in [2.75, 3.05) is 13.7 Å². The van der Waals surface area contributed by atoms with Crippen molar-refractivity contribution in [2.45, 2.75) is 50.1 Å². The van der Waals surface area contributed by atoms with Crippen LogP contribution in [-0.2, 0) is 10.0 Å². The molecule has 1 fully saturated rings. The fraction of sp³-hybridized carbons (Fsp3) is 0.600. The Kier molecular flexibility index (Phi) is 7.35. The minimum absolute atomic E-state index is 0. The fourth-order valence-electron chi connectivity index (χ4n) is 2.88. The molecule has 0 spiro atoms. The fourth-order valence-corrected chi connectivity index (χ4v) is 5.31. The Bertz CT molecular complexity index is 652. The first-order chi connectivity index (χ1) is 10.3. The number of nitrogens with two attached hydrogens (primary N) is 1. The Labute approximate surface area is 153 Å². The van der Waals surface area contributed by atoms with E-state index in [9.17, 15) is 8.42 Å². The van der Waals surface area contributed by atoms with Crippen molar-refractivity contribution in [1.29, 1.82) is 0 Å². The topological polar surface area (TPSA) is 72.6 Å². The molecular weight excluding hydrogens is 404 g/mol. The van der Waals surface area contributed by atoms with Crippen LogP contribution in [0.25, 0.3) is 0 Å². The van der Waals surface area contributed by atoms with Gasteiger partial charge in [0.15, 0.2) is 0 Å². The zero-order valence-corrected chi connectivity index (χ0v) is 16.8. The largest absolute Gasteiger partial charge is 0.495 e. The van der Waals surface area contributed by atoms with Crippen LogP contribution in [0.5, 0.6) is 5.75 Å². The number of nitrogens with zero attached hydrogens (tertiary/aromatic N) is 1. The summed E-state index contributed by atoms with van der Waals surface area (Å²) in [6, 6.07) is 3.00. The molecule has 0 saturated carbocycles. The quantitative estimate of drug-likeness (QED) is 0.801. The van der Waals surface area contributed by atoms with E-state index in [1.54, 1.807) is 16.4 Å². The lowest BCUT2D eigenvalue weighted by Crippen LogP contribution is -2.51. The summed E-state index contributed by atoms with van der Waals surface area (Å²) >= 11 is 3.41. The van der Waals surface area contributed by atoms with Gasteiger partial charge in [0.05, 0.1) is 7.11 Å². The second-order valence-corrected chi connectivity index (χ2v) is 8.50. The van der Waals surface area contributed by atoms with Gasteiger partial charge in [0.25, 0.3) is 0 Å². The van der Waals surface area contributed by atoms with E-state index in [0.29, 0.717) is 12.3 Å². The Hall–Kier alpha value is -0.340. The van der Waals surface area contributed by atoms with E-state index < -0.39 is 10.0 Å². The highest BCUT2D eigenvalue weighted by Crippen LogP contribution is 2.35. The van der Waals surface area contributed by atoms with Crippen molar-refractivity contribution in [1.82, 2.24) is 4.31 Å². The first kappa shape index (κ1) is 20.7. The highest BCUT2D eigenvalue weighted by molar-refractivity contribution is 9.10. The van der Waals surface area contributed by atoms with Crippen LogP contribution in [0.2, 0.25) is 0 Å². The van der Waals surface area contributed by atoms with Crippen LogP contribution in [0.4, 0.5) is 0 Å². The van der Waals surface area contributed by atoms with Crippen molar-refractivity contribution >= 4 is 38.4 Å². The second kappa shape index (κ2) is 8.16. The van der Waals surface area contributed by atoms with Crippen LogP contribution >= 0.6 is 28.3 Å². The Morgan fingerprint density at radius 3 is 2.61 bits per heavy atom. The second-order valence-electron chi connectivity index (χ2n) is 5.79. The number of sulfonamides is 1. The van der Waals surface area contributed by atoms with Crippen LogP contribution in [0.1, 0.15) is 31.7 Å². The summed E-state index contributed by atoms with van der Waals surface area (Å²) in [4.78, 5) is 0.194. The van der Waals surface area contributed by atoms with E-state index in [0.717, 1.165) is 29.3 Å². The molecule has 1 heterocycles. The maximum Gasteiger partial charge on any atom is 0.247 e. The van der Waals surface area contributed by atoms with E-state index in [4.69, 9.17) is 10.5 Å². The maximum absolute atomic E-state index is 13.1. The van der Waals surface area contributed by atoms with E-state index in [-0.39, 0.29) is 29.4 Å². The molecule has 0 aliphatic carbocycles. The molecule has 8 heteroatoms. The number of rotatable bonds is 4. The highest BCUT2D eigenvalue weighted by Gasteiger charge is 2.37. The highest BCUT2D eigenvalue weighted by atomic mass is 79.9. The van der Waals surface area contributed by atoms with Gasteiger partial charge < -0.3 is 10.5 Å². The summed E-state index contributed by atoms with van der Waals surface area (Å²) in [7, 11) is -2.15. The minimum Gasteiger partial charge on any atom is -0.495 e. The SMILES string of the molecule is COc1cc(C)c(Br)cc1S(=O)(=O)N1CCCCC1C(C)N.Cl. The van der Waals surface area contributed by atoms with Crippen LogP contribution in [0.15, 0.2) is 21.5 Å². The van der Waals surface area contributed by atoms with Gasteiger partial charge in [0.2, 0.25) is 10.0 Å². The standard InChI is InChI=1S/C15H23BrN2O3S.ClH/c1-10-8-14(21-3)15(9-12(10)16)22(19,20)18-7-5-4-6-13(18)11(2)17;/h8-9,11,13H,4-7,17H2,1-3H3;1H. The summed E-state index contributed by atoms with van der Waals surface area (Å²) in [5, 5.41) is 0. The summed E-state index contributed by atoms with van der Waals surface area (Å²) in [5.41, 5.74) is 6.94. The average molecular weight is 428 g/mol. The molecule has 23 heavy (non-hydrogen) atoms. The number of piperidine rings is 1. The van der Waals surface area contributed by atoms with E-state index in [2.05, 4.69) is 15.9 Å². The van der Waals surface area contributed by atoms with E-state index in [1.165, 1.54) is 7.11 Å². The molecule has 1 saturated heterocycles. The lowest BCUT2D eigenvalue weighted by molar-refractivity contribution is 0.226. The van der Waals surface area contributed by atoms with Crippen LogP contribution < -0.4 is 10.5 Å². The van der Waals surface area contributed by atoms with Crippen molar-refractivity contribution in [3.8, 4) is 5.75 Å². The van der Waals surface area contributed by atoms with Gasteiger partial charge in [0, 0.05) is 23.1 Å². The third-order valence-electron chi connectivity index (χ3n) is 4.14. The van der Waals surface area contributed by atoms with Crippen LogP contribution in [0.3, 0.4) is 0 Å². The average Bonchev–Trinajstić information content (AvgIpc) is 2.49. The molecule has 2 atom stereocenters. The first-order valence-corrected chi connectivity index (χ1v) is 9.64. The smallest absolute Gasteiger partial charge is 0.247 e. The van der Waals surface area contributed by atoms with Crippen molar-refractivity contribution < 1.29 is 13.2 Å².